The number of rotatable bonds is 4. The Kier molecular flexibility index (Phi) is 3.23. The van der Waals surface area contributed by atoms with E-state index in [1.54, 1.807) is 24.3 Å². The van der Waals surface area contributed by atoms with Gasteiger partial charge in [-0.25, -0.2) is 4.79 Å². The number of benzene rings is 1. The molecule has 104 valence electrons. The molecule has 2 heterocycles. The fourth-order valence-electron chi connectivity index (χ4n) is 1.90. The number of hydrogen-bond acceptors (Lipinski definition) is 5. The molecule has 1 N–H and O–H groups in total. The van der Waals surface area contributed by atoms with Crippen LogP contribution in [0.2, 0.25) is 0 Å². The minimum absolute atomic E-state index is 0.227. The standard InChI is InChI=1S/C14H12O5S/c1-8-9(4-13(20-8)14(15)16)6-17-10-2-3-11-12(5-10)19-7-18-11/h2-5H,6-7H2,1H3,(H,15,16). The van der Waals surface area contributed by atoms with E-state index in [9.17, 15) is 4.79 Å². The van der Waals surface area contributed by atoms with E-state index in [2.05, 4.69) is 0 Å². The molecule has 0 atom stereocenters. The van der Waals surface area contributed by atoms with Crippen molar-refractivity contribution in [3.8, 4) is 17.2 Å². The summed E-state index contributed by atoms with van der Waals surface area (Å²) in [5.41, 5.74) is 0.880. The van der Waals surface area contributed by atoms with E-state index in [-0.39, 0.29) is 6.79 Å². The fraction of sp³-hybridized carbons (Fsp3) is 0.214. The Balaban J connectivity index is 1.72. The molecule has 2 aromatic rings. The Bertz CT molecular complexity index is 662. The largest absolute Gasteiger partial charge is 0.489 e. The van der Waals surface area contributed by atoms with Gasteiger partial charge >= 0.3 is 5.97 Å². The number of ether oxygens (including phenoxy) is 3. The highest BCUT2D eigenvalue weighted by molar-refractivity contribution is 7.14. The van der Waals surface area contributed by atoms with Crippen molar-refractivity contribution in [1.82, 2.24) is 0 Å². The Morgan fingerprint density at radius 3 is 2.90 bits per heavy atom. The summed E-state index contributed by atoms with van der Waals surface area (Å²) < 4.78 is 16.2. The summed E-state index contributed by atoms with van der Waals surface area (Å²) >= 11 is 1.25. The van der Waals surface area contributed by atoms with Gasteiger partial charge in [-0.15, -0.1) is 11.3 Å². The predicted octanol–water partition coefficient (Wildman–Crippen LogP) is 3.06. The minimum atomic E-state index is -0.910. The molecule has 0 aliphatic carbocycles. The molecule has 0 spiro atoms. The second-order valence-electron chi connectivity index (χ2n) is 4.30. The summed E-state index contributed by atoms with van der Waals surface area (Å²) in [5.74, 6) is 1.12. The summed E-state index contributed by atoms with van der Waals surface area (Å²) in [7, 11) is 0. The number of fused-ring (bicyclic) bond motifs is 1. The number of carboxylic acids is 1. The first-order valence-electron chi connectivity index (χ1n) is 5.98. The summed E-state index contributed by atoms with van der Waals surface area (Å²) in [4.78, 5) is 12.2. The molecule has 1 aliphatic heterocycles. The van der Waals surface area contributed by atoms with E-state index in [1.165, 1.54) is 11.3 Å². The molecule has 5 nitrogen and oxygen atoms in total. The lowest BCUT2D eigenvalue weighted by Gasteiger charge is -2.06. The molecule has 0 radical (unpaired) electrons. The third-order valence-electron chi connectivity index (χ3n) is 2.97. The highest BCUT2D eigenvalue weighted by Gasteiger charge is 2.15. The second kappa shape index (κ2) is 5.05. The van der Waals surface area contributed by atoms with E-state index >= 15 is 0 Å². The number of carbonyl (C=O) groups is 1. The van der Waals surface area contributed by atoms with Gasteiger partial charge in [0.05, 0.1) is 0 Å². The third-order valence-corrected chi connectivity index (χ3v) is 4.05. The van der Waals surface area contributed by atoms with Crippen molar-refractivity contribution in [3.63, 3.8) is 0 Å². The van der Waals surface area contributed by atoms with Crippen LogP contribution >= 0.6 is 11.3 Å². The first-order valence-corrected chi connectivity index (χ1v) is 6.80. The molecule has 0 amide bonds. The maximum Gasteiger partial charge on any atom is 0.345 e. The van der Waals surface area contributed by atoms with Gasteiger partial charge < -0.3 is 19.3 Å². The molecule has 6 heteroatoms. The Morgan fingerprint density at radius 1 is 1.35 bits per heavy atom. The minimum Gasteiger partial charge on any atom is -0.489 e. The van der Waals surface area contributed by atoms with Crippen LogP contribution in [0.15, 0.2) is 24.3 Å². The van der Waals surface area contributed by atoms with Gasteiger partial charge in [0.25, 0.3) is 0 Å². The van der Waals surface area contributed by atoms with Gasteiger partial charge in [0.1, 0.15) is 17.2 Å². The average Bonchev–Trinajstić information content (AvgIpc) is 3.02. The van der Waals surface area contributed by atoms with Gasteiger partial charge in [-0.05, 0) is 25.1 Å². The summed E-state index contributed by atoms with van der Waals surface area (Å²) in [6, 6.07) is 7.01. The zero-order valence-corrected chi connectivity index (χ0v) is 11.5. The van der Waals surface area contributed by atoms with Gasteiger partial charge in [0.2, 0.25) is 6.79 Å². The third kappa shape index (κ3) is 2.42. The van der Waals surface area contributed by atoms with Crippen LogP contribution < -0.4 is 14.2 Å². The van der Waals surface area contributed by atoms with Gasteiger partial charge in [0.15, 0.2) is 11.5 Å². The van der Waals surface area contributed by atoms with Gasteiger partial charge in [0, 0.05) is 16.5 Å². The van der Waals surface area contributed by atoms with Crippen molar-refractivity contribution in [3.05, 3.63) is 39.6 Å². The molecule has 1 aromatic carbocycles. The number of carboxylic acid groups (broad SMARTS) is 1. The normalized spacial score (nSPS) is 12.4. The molecule has 1 aliphatic rings. The van der Waals surface area contributed by atoms with Crippen LogP contribution in [0.4, 0.5) is 0 Å². The zero-order chi connectivity index (χ0) is 14.1. The first-order chi connectivity index (χ1) is 9.63. The Morgan fingerprint density at radius 2 is 2.15 bits per heavy atom. The van der Waals surface area contributed by atoms with E-state index in [0.717, 1.165) is 10.4 Å². The van der Waals surface area contributed by atoms with E-state index in [4.69, 9.17) is 19.3 Å². The molecule has 0 bridgehead atoms. The molecule has 0 saturated carbocycles. The smallest absolute Gasteiger partial charge is 0.345 e. The van der Waals surface area contributed by atoms with E-state index in [1.807, 2.05) is 6.92 Å². The monoisotopic (exact) mass is 292 g/mol. The summed E-state index contributed by atoms with van der Waals surface area (Å²) in [6.45, 7) is 2.44. The van der Waals surface area contributed by atoms with Crippen LogP contribution in [0, 0.1) is 6.92 Å². The molecule has 3 rings (SSSR count). The van der Waals surface area contributed by atoms with Gasteiger partial charge in [-0.2, -0.15) is 0 Å². The molecule has 0 saturated heterocycles. The SMILES string of the molecule is Cc1sc(C(=O)O)cc1COc1ccc2c(c1)OCO2. The summed E-state index contributed by atoms with van der Waals surface area (Å²) in [5, 5.41) is 8.95. The van der Waals surface area contributed by atoms with E-state index < -0.39 is 5.97 Å². The average molecular weight is 292 g/mol. The first kappa shape index (κ1) is 12.8. The van der Waals surface area contributed by atoms with E-state index in [0.29, 0.717) is 28.7 Å². The van der Waals surface area contributed by atoms with Crippen LogP contribution in [0.3, 0.4) is 0 Å². The van der Waals surface area contributed by atoms with Crippen LogP contribution in [0.25, 0.3) is 0 Å². The van der Waals surface area contributed by atoms with Crippen molar-refractivity contribution < 1.29 is 24.1 Å². The lowest BCUT2D eigenvalue weighted by molar-refractivity contribution is 0.0702. The van der Waals surface area contributed by atoms with Crippen molar-refractivity contribution in [2.24, 2.45) is 0 Å². The lowest BCUT2D eigenvalue weighted by atomic mass is 10.2. The fourth-order valence-corrected chi connectivity index (χ4v) is 2.76. The Labute approximate surface area is 119 Å². The second-order valence-corrected chi connectivity index (χ2v) is 5.56. The highest BCUT2D eigenvalue weighted by atomic mass is 32.1. The lowest BCUT2D eigenvalue weighted by Crippen LogP contribution is -1.96. The quantitative estimate of drug-likeness (QED) is 0.938. The molecule has 0 fully saturated rings. The number of aryl methyl sites for hydroxylation is 1. The van der Waals surface area contributed by atoms with Crippen LogP contribution in [-0.4, -0.2) is 17.9 Å². The van der Waals surface area contributed by atoms with Crippen LogP contribution in [-0.2, 0) is 6.61 Å². The van der Waals surface area contributed by atoms with Gasteiger partial charge in [-0.3, -0.25) is 0 Å². The zero-order valence-electron chi connectivity index (χ0n) is 10.7. The van der Waals surface area contributed by atoms with Crippen molar-refractivity contribution in [2.45, 2.75) is 13.5 Å². The van der Waals surface area contributed by atoms with Gasteiger partial charge in [-0.1, -0.05) is 0 Å². The maximum atomic E-state index is 10.9. The topological polar surface area (TPSA) is 65.0 Å². The number of hydrogen-bond donors (Lipinski definition) is 1. The van der Waals surface area contributed by atoms with Crippen LogP contribution in [0.5, 0.6) is 17.2 Å². The van der Waals surface area contributed by atoms with Crippen molar-refractivity contribution in [2.75, 3.05) is 6.79 Å². The van der Waals surface area contributed by atoms with Crippen molar-refractivity contribution in [1.29, 1.82) is 0 Å². The maximum absolute atomic E-state index is 10.9. The molecular weight excluding hydrogens is 280 g/mol. The summed E-state index contributed by atoms with van der Waals surface area (Å²) in [6.07, 6.45) is 0. The number of thiophene rings is 1. The molecular formula is C14H12O5S. The predicted molar refractivity (Wildman–Crippen MR) is 72.9 cm³/mol. The molecule has 0 unspecified atom stereocenters. The molecule has 1 aromatic heterocycles. The highest BCUT2D eigenvalue weighted by Crippen LogP contribution is 2.35. The molecule has 20 heavy (non-hydrogen) atoms. The Hall–Kier alpha value is -2.21. The van der Waals surface area contributed by atoms with Crippen LogP contribution in [0.1, 0.15) is 20.1 Å². The number of aromatic carboxylic acids is 1. The van der Waals surface area contributed by atoms with Crippen molar-refractivity contribution >= 4 is 17.3 Å².